The summed E-state index contributed by atoms with van der Waals surface area (Å²) in [6, 6.07) is 14.6. The van der Waals surface area contributed by atoms with E-state index in [-0.39, 0.29) is 11.7 Å². The topological polar surface area (TPSA) is 62.8 Å². The molecule has 7 heteroatoms. The molecule has 1 saturated heterocycles. The molecule has 0 bridgehead atoms. The number of aryl methyl sites for hydroxylation is 1. The monoisotopic (exact) mass is 463 g/mol. The van der Waals surface area contributed by atoms with E-state index in [0.717, 1.165) is 61.4 Å². The molecular weight excluding hydrogens is 433 g/mol. The van der Waals surface area contributed by atoms with Crippen LogP contribution in [0.3, 0.4) is 0 Å². The quantitative estimate of drug-likeness (QED) is 0.335. The number of ether oxygens (including phenoxy) is 2. The van der Waals surface area contributed by atoms with E-state index in [0.29, 0.717) is 23.6 Å². The van der Waals surface area contributed by atoms with E-state index in [9.17, 15) is 9.18 Å². The number of benzene rings is 3. The molecule has 1 amide bonds. The molecule has 0 saturated carbocycles. The highest BCUT2D eigenvalue weighted by Gasteiger charge is 2.13. The van der Waals surface area contributed by atoms with Gasteiger partial charge in [-0.05, 0) is 66.8 Å². The van der Waals surface area contributed by atoms with Crippen molar-refractivity contribution < 1.29 is 18.7 Å². The zero-order valence-corrected chi connectivity index (χ0v) is 19.4. The van der Waals surface area contributed by atoms with Crippen LogP contribution in [0.1, 0.15) is 12.0 Å². The molecule has 1 fully saturated rings. The van der Waals surface area contributed by atoms with Crippen molar-refractivity contribution in [2.75, 3.05) is 50.1 Å². The number of nitrogens with one attached hydrogen (secondary N) is 2. The van der Waals surface area contributed by atoms with Gasteiger partial charge in [-0.3, -0.25) is 9.69 Å². The van der Waals surface area contributed by atoms with Gasteiger partial charge in [-0.2, -0.15) is 0 Å². The van der Waals surface area contributed by atoms with Crippen LogP contribution < -0.4 is 15.4 Å². The van der Waals surface area contributed by atoms with Crippen molar-refractivity contribution in [3.8, 4) is 5.75 Å². The van der Waals surface area contributed by atoms with Gasteiger partial charge >= 0.3 is 0 Å². The van der Waals surface area contributed by atoms with Gasteiger partial charge in [-0.25, -0.2) is 4.39 Å². The maximum Gasteiger partial charge on any atom is 0.247 e. The molecule has 0 atom stereocenters. The number of carbonyl (C=O) groups excluding carboxylic acids is 1. The lowest BCUT2D eigenvalue weighted by Gasteiger charge is -2.26. The van der Waals surface area contributed by atoms with Crippen LogP contribution in [0.4, 0.5) is 21.5 Å². The van der Waals surface area contributed by atoms with Gasteiger partial charge in [0.1, 0.15) is 11.6 Å². The third-order valence-corrected chi connectivity index (χ3v) is 5.84. The van der Waals surface area contributed by atoms with Crippen LogP contribution in [0.2, 0.25) is 0 Å². The number of halogens is 1. The van der Waals surface area contributed by atoms with Crippen molar-refractivity contribution in [2.24, 2.45) is 0 Å². The first-order valence-corrected chi connectivity index (χ1v) is 11.5. The van der Waals surface area contributed by atoms with Gasteiger partial charge in [0.15, 0.2) is 0 Å². The molecule has 0 aromatic heterocycles. The molecule has 0 aliphatic carbocycles. The number of nitrogens with zero attached hydrogens (tertiary/aromatic N) is 1. The van der Waals surface area contributed by atoms with E-state index in [4.69, 9.17) is 9.47 Å². The molecule has 0 spiro atoms. The summed E-state index contributed by atoms with van der Waals surface area (Å²) in [7, 11) is 0. The highest BCUT2D eigenvalue weighted by molar-refractivity contribution is 6.04. The Bertz CT molecular complexity index is 1180. The van der Waals surface area contributed by atoms with Crippen molar-refractivity contribution >= 4 is 33.7 Å². The number of morpholine rings is 1. The highest BCUT2D eigenvalue weighted by Crippen LogP contribution is 2.35. The third-order valence-electron chi connectivity index (χ3n) is 5.84. The van der Waals surface area contributed by atoms with Crippen molar-refractivity contribution in [3.63, 3.8) is 0 Å². The van der Waals surface area contributed by atoms with E-state index < -0.39 is 0 Å². The number of hydrogen-bond acceptors (Lipinski definition) is 5. The molecule has 4 rings (SSSR count). The molecule has 1 aliphatic rings. The predicted molar refractivity (Wildman–Crippen MR) is 135 cm³/mol. The van der Waals surface area contributed by atoms with Crippen LogP contribution in [0.15, 0.2) is 61.2 Å². The van der Waals surface area contributed by atoms with Gasteiger partial charge in [0.05, 0.1) is 25.5 Å². The minimum Gasteiger partial charge on any atom is -0.491 e. The zero-order chi connectivity index (χ0) is 23.9. The Morgan fingerprint density at radius 1 is 1.18 bits per heavy atom. The van der Waals surface area contributed by atoms with E-state index in [2.05, 4.69) is 22.1 Å². The second-order valence-corrected chi connectivity index (χ2v) is 8.31. The molecule has 1 aliphatic heterocycles. The Balaban J connectivity index is 1.56. The Morgan fingerprint density at radius 2 is 2.00 bits per heavy atom. The maximum atomic E-state index is 13.7. The van der Waals surface area contributed by atoms with Crippen molar-refractivity contribution in [1.29, 1.82) is 0 Å². The number of anilines is 3. The SMILES string of the molecule is C=CC(=O)Nc1cc2c(Nc3ccc(F)c(C)c3)cccc2cc1OCCCN1CCOCC1. The van der Waals surface area contributed by atoms with Gasteiger partial charge in [0.25, 0.3) is 0 Å². The lowest BCUT2D eigenvalue weighted by Crippen LogP contribution is -2.37. The van der Waals surface area contributed by atoms with Crippen LogP contribution in [0.5, 0.6) is 5.75 Å². The summed E-state index contributed by atoms with van der Waals surface area (Å²) in [5.74, 6) is 0.0601. The average molecular weight is 464 g/mol. The Morgan fingerprint density at radius 3 is 2.76 bits per heavy atom. The standard InChI is InChI=1S/C27H30FN3O3/c1-3-27(32)30-25-18-22-20(17-26(25)34-13-5-10-31-11-14-33-15-12-31)6-4-7-24(22)29-21-8-9-23(28)19(2)16-21/h3-4,6-9,16-18,29H,1,5,10-15H2,2H3,(H,30,32). The smallest absolute Gasteiger partial charge is 0.247 e. The number of fused-ring (bicyclic) bond motifs is 1. The van der Waals surface area contributed by atoms with E-state index in [1.165, 1.54) is 12.1 Å². The third kappa shape index (κ3) is 5.92. The fraction of sp³-hybridized carbons (Fsp3) is 0.296. The number of amides is 1. The molecule has 0 radical (unpaired) electrons. The first kappa shape index (κ1) is 23.7. The molecule has 178 valence electrons. The molecule has 2 N–H and O–H groups in total. The maximum absolute atomic E-state index is 13.7. The zero-order valence-electron chi connectivity index (χ0n) is 19.4. The minimum atomic E-state index is -0.308. The van der Waals surface area contributed by atoms with Crippen molar-refractivity contribution in [3.05, 3.63) is 72.6 Å². The second-order valence-electron chi connectivity index (χ2n) is 8.31. The van der Waals surface area contributed by atoms with Crippen LogP contribution in [-0.4, -0.2) is 50.3 Å². The fourth-order valence-electron chi connectivity index (χ4n) is 3.99. The number of rotatable bonds is 9. The number of carbonyl (C=O) groups is 1. The summed E-state index contributed by atoms with van der Waals surface area (Å²) >= 11 is 0. The Labute approximate surface area is 199 Å². The van der Waals surface area contributed by atoms with Gasteiger partial charge in [0, 0.05) is 36.4 Å². The second kappa shape index (κ2) is 11.1. The van der Waals surface area contributed by atoms with Crippen LogP contribution in [0.25, 0.3) is 10.8 Å². The molecular formula is C27H30FN3O3. The first-order chi connectivity index (χ1) is 16.5. The predicted octanol–water partition coefficient (Wildman–Crippen LogP) is 5.26. The van der Waals surface area contributed by atoms with Crippen LogP contribution in [-0.2, 0) is 9.53 Å². The van der Waals surface area contributed by atoms with Gasteiger partial charge in [-0.1, -0.05) is 18.7 Å². The molecule has 3 aromatic rings. The normalized spacial score (nSPS) is 14.1. The summed E-state index contributed by atoms with van der Waals surface area (Å²) in [6.07, 6.45) is 2.11. The Hall–Kier alpha value is -3.42. The summed E-state index contributed by atoms with van der Waals surface area (Å²) in [4.78, 5) is 14.5. The van der Waals surface area contributed by atoms with Crippen molar-refractivity contribution in [1.82, 2.24) is 4.90 Å². The van der Waals surface area contributed by atoms with E-state index >= 15 is 0 Å². The largest absolute Gasteiger partial charge is 0.491 e. The molecule has 0 unspecified atom stereocenters. The summed E-state index contributed by atoms with van der Waals surface area (Å²) in [5.41, 5.74) is 2.77. The van der Waals surface area contributed by atoms with E-state index in [1.807, 2.05) is 30.3 Å². The average Bonchev–Trinajstić information content (AvgIpc) is 2.85. The van der Waals surface area contributed by atoms with E-state index in [1.54, 1.807) is 19.1 Å². The first-order valence-electron chi connectivity index (χ1n) is 11.5. The minimum absolute atomic E-state index is 0.242. The molecule has 6 nitrogen and oxygen atoms in total. The van der Waals surface area contributed by atoms with Gasteiger partial charge in [0.2, 0.25) is 5.91 Å². The lowest BCUT2D eigenvalue weighted by molar-refractivity contribution is -0.111. The summed E-state index contributed by atoms with van der Waals surface area (Å²) in [6.45, 7) is 10.2. The number of hydrogen-bond donors (Lipinski definition) is 2. The molecule has 1 heterocycles. The van der Waals surface area contributed by atoms with Crippen molar-refractivity contribution in [2.45, 2.75) is 13.3 Å². The summed E-state index contributed by atoms with van der Waals surface area (Å²) in [5, 5.41) is 8.09. The Kier molecular flexibility index (Phi) is 7.77. The molecule has 34 heavy (non-hydrogen) atoms. The fourth-order valence-corrected chi connectivity index (χ4v) is 3.99. The summed E-state index contributed by atoms with van der Waals surface area (Å²) < 4.78 is 25.2. The molecule has 3 aromatic carbocycles. The highest BCUT2D eigenvalue weighted by atomic mass is 19.1. The van der Waals surface area contributed by atoms with Crippen LogP contribution >= 0.6 is 0 Å². The van der Waals surface area contributed by atoms with Gasteiger partial charge < -0.3 is 20.1 Å². The van der Waals surface area contributed by atoms with Crippen LogP contribution in [0, 0.1) is 12.7 Å². The van der Waals surface area contributed by atoms with Gasteiger partial charge in [-0.15, -0.1) is 0 Å². The lowest BCUT2D eigenvalue weighted by atomic mass is 10.1.